The fourth-order valence-corrected chi connectivity index (χ4v) is 2.13. The van der Waals surface area contributed by atoms with Gasteiger partial charge in [0.2, 0.25) is 0 Å². The van der Waals surface area contributed by atoms with Crippen molar-refractivity contribution in [3.63, 3.8) is 0 Å². The number of nitrogens with one attached hydrogen (secondary N) is 2. The molecule has 1 fully saturated rings. The Labute approximate surface area is 112 Å². The van der Waals surface area contributed by atoms with Crippen molar-refractivity contribution >= 4 is 5.96 Å². The van der Waals surface area contributed by atoms with Gasteiger partial charge in [-0.1, -0.05) is 0 Å². The van der Waals surface area contributed by atoms with Gasteiger partial charge in [-0.3, -0.25) is 9.89 Å². The van der Waals surface area contributed by atoms with Gasteiger partial charge in [-0.25, -0.2) is 0 Å². The minimum absolute atomic E-state index is 0.583. The van der Waals surface area contributed by atoms with Crippen molar-refractivity contribution in [3.8, 4) is 0 Å². The van der Waals surface area contributed by atoms with Crippen molar-refractivity contribution in [2.75, 3.05) is 19.6 Å². The summed E-state index contributed by atoms with van der Waals surface area (Å²) >= 11 is 0. The van der Waals surface area contributed by atoms with E-state index in [2.05, 4.69) is 55.1 Å². The van der Waals surface area contributed by atoms with E-state index in [0.717, 1.165) is 25.6 Å². The molecule has 0 aromatic heterocycles. The minimum atomic E-state index is 0.583. The van der Waals surface area contributed by atoms with E-state index in [4.69, 9.17) is 0 Å². The van der Waals surface area contributed by atoms with E-state index >= 15 is 0 Å². The lowest BCUT2D eigenvalue weighted by Gasteiger charge is -2.29. The topological polar surface area (TPSA) is 39.7 Å². The Balaban J connectivity index is 2.37. The molecular weight excluding hydrogens is 224 g/mol. The lowest BCUT2D eigenvalue weighted by Crippen LogP contribution is -2.41. The molecule has 1 rings (SSSR count). The molecule has 0 amide bonds. The van der Waals surface area contributed by atoms with E-state index in [9.17, 15) is 0 Å². The van der Waals surface area contributed by atoms with Crippen molar-refractivity contribution in [3.05, 3.63) is 0 Å². The fourth-order valence-electron chi connectivity index (χ4n) is 2.13. The molecule has 1 aliphatic carbocycles. The Morgan fingerprint density at radius 2 is 1.83 bits per heavy atom. The molecular formula is C14H30N4. The van der Waals surface area contributed by atoms with Gasteiger partial charge in [0.05, 0.1) is 6.54 Å². The highest BCUT2D eigenvalue weighted by Crippen LogP contribution is 2.18. The summed E-state index contributed by atoms with van der Waals surface area (Å²) in [6.45, 7) is 13.9. The smallest absolute Gasteiger partial charge is 0.191 e. The van der Waals surface area contributed by atoms with Gasteiger partial charge in [-0.2, -0.15) is 0 Å². The Hall–Kier alpha value is -0.770. The van der Waals surface area contributed by atoms with Gasteiger partial charge in [-0.15, -0.1) is 0 Å². The first-order valence-electron chi connectivity index (χ1n) is 7.35. The zero-order valence-corrected chi connectivity index (χ0v) is 12.7. The molecule has 4 heteroatoms. The van der Waals surface area contributed by atoms with Gasteiger partial charge < -0.3 is 10.6 Å². The number of hydrogen-bond acceptors (Lipinski definition) is 2. The van der Waals surface area contributed by atoms with Crippen LogP contribution in [0.1, 0.15) is 47.5 Å². The fraction of sp³-hybridized carbons (Fsp3) is 0.929. The Morgan fingerprint density at radius 3 is 2.28 bits per heavy atom. The maximum absolute atomic E-state index is 4.65. The average molecular weight is 254 g/mol. The van der Waals surface area contributed by atoms with Crippen LogP contribution in [-0.2, 0) is 0 Å². The predicted octanol–water partition coefficient (Wildman–Crippen LogP) is 1.82. The van der Waals surface area contributed by atoms with E-state index in [0.29, 0.717) is 18.1 Å². The first-order valence-corrected chi connectivity index (χ1v) is 7.35. The second-order valence-electron chi connectivity index (χ2n) is 5.60. The van der Waals surface area contributed by atoms with Gasteiger partial charge in [0, 0.05) is 31.2 Å². The summed E-state index contributed by atoms with van der Waals surface area (Å²) in [4.78, 5) is 7.13. The third kappa shape index (κ3) is 5.71. The number of hydrogen-bond donors (Lipinski definition) is 2. The van der Waals surface area contributed by atoms with E-state index in [-0.39, 0.29) is 0 Å². The molecule has 0 radical (unpaired) electrons. The average Bonchev–Trinajstić information content (AvgIpc) is 3.07. The molecule has 0 spiro atoms. The molecule has 0 saturated heterocycles. The van der Waals surface area contributed by atoms with Crippen LogP contribution in [0.15, 0.2) is 4.99 Å². The summed E-state index contributed by atoms with van der Waals surface area (Å²) < 4.78 is 0. The Bertz CT molecular complexity index is 249. The van der Waals surface area contributed by atoms with Crippen molar-refractivity contribution < 1.29 is 0 Å². The highest BCUT2D eigenvalue weighted by molar-refractivity contribution is 5.80. The van der Waals surface area contributed by atoms with Gasteiger partial charge in [-0.05, 0) is 47.5 Å². The van der Waals surface area contributed by atoms with E-state index in [1.54, 1.807) is 0 Å². The highest BCUT2D eigenvalue weighted by atomic mass is 15.2. The normalized spacial score (nSPS) is 16.8. The molecule has 0 aromatic rings. The van der Waals surface area contributed by atoms with Crippen molar-refractivity contribution in [1.29, 1.82) is 0 Å². The molecule has 0 unspecified atom stereocenters. The zero-order chi connectivity index (χ0) is 13.5. The Kier molecular flexibility index (Phi) is 6.47. The molecule has 18 heavy (non-hydrogen) atoms. The quantitative estimate of drug-likeness (QED) is 0.538. The lowest BCUT2D eigenvalue weighted by atomic mass is 10.2. The summed E-state index contributed by atoms with van der Waals surface area (Å²) in [6, 6.07) is 1.83. The van der Waals surface area contributed by atoms with Crippen LogP contribution in [0.3, 0.4) is 0 Å². The second kappa shape index (κ2) is 7.62. The van der Waals surface area contributed by atoms with Crippen LogP contribution in [0, 0.1) is 0 Å². The largest absolute Gasteiger partial charge is 0.357 e. The summed E-state index contributed by atoms with van der Waals surface area (Å²) in [5.41, 5.74) is 0. The number of aliphatic imine (C=N–C) groups is 1. The molecule has 2 N–H and O–H groups in total. The van der Waals surface area contributed by atoms with Gasteiger partial charge in [0.15, 0.2) is 5.96 Å². The first-order chi connectivity index (χ1) is 8.54. The summed E-state index contributed by atoms with van der Waals surface area (Å²) in [5, 5.41) is 6.75. The first kappa shape index (κ1) is 15.3. The van der Waals surface area contributed by atoms with Gasteiger partial charge >= 0.3 is 0 Å². The molecule has 0 aliphatic heterocycles. The molecule has 1 saturated carbocycles. The van der Waals surface area contributed by atoms with Crippen LogP contribution < -0.4 is 10.6 Å². The summed E-state index contributed by atoms with van der Waals surface area (Å²) in [5.74, 6) is 0.979. The maximum Gasteiger partial charge on any atom is 0.191 e. The van der Waals surface area contributed by atoms with E-state index < -0.39 is 0 Å². The van der Waals surface area contributed by atoms with Crippen LogP contribution in [0.5, 0.6) is 0 Å². The molecule has 0 aromatic carbocycles. The van der Waals surface area contributed by atoms with E-state index in [1.807, 2.05) is 0 Å². The Morgan fingerprint density at radius 1 is 1.22 bits per heavy atom. The van der Waals surface area contributed by atoms with Crippen LogP contribution in [0.2, 0.25) is 0 Å². The molecule has 1 aliphatic rings. The van der Waals surface area contributed by atoms with Crippen molar-refractivity contribution in [2.24, 2.45) is 4.99 Å². The van der Waals surface area contributed by atoms with Gasteiger partial charge in [0.1, 0.15) is 0 Å². The predicted molar refractivity (Wildman–Crippen MR) is 79.1 cm³/mol. The minimum Gasteiger partial charge on any atom is -0.357 e. The summed E-state index contributed by atoms with van der Waals surface area (Å²) in [6.07, 6.45) is 2.57. The maximum atomic E-state index is 4.65. The van der Waals surface area contributed by atoms with Gasteiger partial charge in [0.25, 0.3) is 0 Å². The van der Waals surface area contributed by atoms with Crippen LogP contribution in [0.25, 0.3) is 0 Å². The molecule has 0 bridgehead atoms. The number of guanidine groups is 1. The third-order valence-electron chi connectivity index (χ3n) is 3.22. The number of nitrogens with zero attached hydrogens (tertiary/aromatic N) is 2. The molecule has 106 valence electrons. The van der Waals surface area contributed by atoms with Crippen LogP contribution in [0.4, 0.5) is 0 Å². The van der Waals surface area contributed by atoms with Crippen molar-refractivity contribution in [2.45, 2.75) is 65.6 Å². The monoisotopic (exact) mass is 254 g/mol. The number of rotatable bonds is 7. The lowest BCUT2D eigenvalue weighted by molar-refractivity contribution is 0.181. The molecule has 0 atom stereocenters. The SMILES string of the molecule is CCNC(=NCCN(C(C)C)C(C)C)NC1CC1. The highest BCUT2D eigenvalue weighted by Gasteiger charge is 2.22. The second-order valence-corrected chi connectivity index (χ2v) is 5.60. The third-order valence-corrected chi connectivity index (χ3v) is 3.22. The molecule has 0 heterocycles. The standard InChI is InChI=1S/C14H30N4/c1-6-15-14(17-13-7-8-13)16-9-10-18(11(2)3)12(4)5/h11-13H,6-10H2,1-5H3,(H2,15,16,17). The van der Waals surface area contributed by atoms with Crippen LogP contribution in [-0.4, -0.2) is 48.6 Å². The summed E-state index contributed by atoms with van der Waals surface area (Å²) in [7, 11) is 0. The van der Waals surface area contributed by atoms with Crippen molar-refractivity contribution in [1.82, 2.24) is 15.5 Å². The van der Waals surface area contributed by atoms with Crippen LogP contribution >= 0.6 is 0 Å². The molecule has 4 nitrogen and oxygen atoms in total. The zero-order valence-electron chi connectivity index (χ0n) is 12.7. The van der Waals surface area contributed by atoms with E-state index in [1.165, 1.54) is 12.8 Å².